The number of benzene rings is 1. The van der Waals surface area contributed by atoms with Crippen LogP contribution in [0.2, 0.25) is 0 Å². The number of hydrogen-bond acceptors (Lipinski definition) is 4. The molecule has 6 heteroatoms. The van der Waals surface area contributed by atoms with Gasteiger partial charge in [-0.15, -0.1) is 0 Å². The fraction of sp³-hybridized carbons (Fsp3) is 0.316. The lowest BCUT2D eigenvalue weighted by Crippen LogP contribution is -2.33. The summed E-state index contributed by atoms with van der Waals surface area (Å²) in [5.41, 5.74) is 3.19. The van der Waals surface area contributed by atoms with E-state index < -0.39 is 5.97 Å². The van der Waals surface area contributed by atoms with Gasteiger partial charge in [0, 0.05) is 12.3 Å². The Balaban J connectivity index is 2.10. The molecule has 1 atom stereocenters. The smallest absolute Gasteiger partial charge is 0.339 e. The Labute approximate surface area is 146 Å². The molecule has 0 saturated carbocycles. The van der Waals surface area contributed by atoms with Crippen LogP contribution in [-0.4, -0.2) is 23.6 Å². The van der Waals surface area contributed by atoms with Crippen molar-refractivity contribution in [1.29, 1.82) is 0 Å². The molecule has 1 unspecified atom stereocenters. The second-order valence-electron chi connectivity index (χ2n) is 6.01. The van der Waals surface area contributed by atoms with Crippen molar-refractivity contribution in [3.63, 3.8) is 0 Å². The van der Waals surface area contributed by atoms with E-state index in [1.54, 1.807) is 0 Å². The van der Waals surface area contributed by atoms with Crippen molar-refractivity contribution in [3.05, 3.63) is 69.1 Å². The second-order valence-corrected chi connectivity index (χ2v) is 6.01. The van der Waals surface area contributed by atoms with Crippen molar-refractivity contribution >= 4 is 11.9 Å². The second kappa shape index (κ2) is 7.79. The van der Waals surface area contributed by atoms with Crippen LogP contribution in [0.4, 0.5) is 0 Å². The van der Waals surface area contributed by atoms with Gasteiger partial charge in [0.1, 0.15) is 6.54 Å². The van der Waals surface area contributed by atoms with E-state index in [4.69, 9.17) is 0 Å². The predicted molar refractivity (Wildman–Crippen MR) is 94.5 cm³/mol. The quantitative estimate of drug-likeness (QED) is 0.845. The minimum atomic E-state index is -0.558. The average Bonchev–Trinajstić information content (AvgIpc) is 2.58. The van der Waals surface area contributed by atoms with E-state index in [1.165, 1.54) is 35.6 Å². The van der Waals surface area contributed by atoms with Crippen LogP contribution in [-0.2, 0) is 16.1 Å². The highest BCUT2D eigenvalue weighted by molar-refractivity contribution is 5.89. The molecule has 1 heterocycles. The van der Waals surface area contributed by atoms with Crippen LogP contribution in [0.25, 0.3) is 0 Å². The van der Waals surface area contributed by atoms with Crippen LogP contribution in [0.5, 0.6) is 0 Å². The molecular weight excluding hydrogens is 320 g/mol. The fourth-order valence-electron chi connectivity index (χ4n) is 2.45. The van der Waals surface area contributed by atoms with E-state index >= 15 is 0 Å². The maximum absolute atomic E-state index is 12.3. The predicted octanol–water partition coefficient (Wildman–Crippen LogP) is 2.13. The third-order valence-corrected chi connectivity index (χ3v) is 4.13. The van der Waals surface area contributed by atoms with E-state index in [2.05, 4.69) is 10.1 Å². The normalized spacial score (nSPS) is 11.7. The highest BCUT2D eigenvalue weighted by Gasteiger charge is 2.13. The van der Waals surface area contributed by atoms with Gasteiger partial charge in [-0.2, -0.15) is 0 Å². The Morgan fingerprint density at radius 2 is 1.88 bits per heavy atom. The summed E-state index contributed by atoms with van der Waals surface area (Å²) in [6.07, 6.45) is 1.33. The van der Waals surface area contributed by atoms with Crippen molar-refractivity contribution in [2.24, 2.45) is 0 Å². The van der Waals surface area contributed by atoms with Gasteiger partial charge < -0.3 is 14.6 Å². The van der Waals surface area contributed by atoms with Gasteiger partial charge in [-0.05, 0) is 43.5 Å². The number of hydrogen-bond donors (Lipinski definition) is 1. The summed E-state index contributed by atoms with van der Waals surface area (Å²) >= 11 is 0. The molecule has 2 aromatic rings. The van der Waals surface area contributed by atoms with Crippen molar-refractivity contribution < 1.29 is 14.3 Å². The molecule has 0 aliphatic carbocycles. The number of carbonyl (C=O) groups is 2. The number of esters is 1. The van der Waals surface area contributed by atoms with Crippen LogP contribution in [0.3, 0.4) is 0 Å². The van der Waals surface area contributed by atoms with Gasteiger partial charge in [0.2, 0.25) is 5.91 Å². The molecule has 132 valence electrons. The number of aryl methyl sites for hydroxylation is 2. The molecule has 1 aromatic carbocycles. The Hall–Kier alpha value is -2.89. The molecule has 0 bridgehead atoms. The first-order valence-electron chi connectivity index (χ1n) is 7.97. The number of rotatable bonds is 5. The van der Waals surface area contributed by atoms with Gasteiger partial charge in [0.25, 0.3) is 5.56 Å². The lowest BCUT2D eigenvalue weighted by Gasteiger charge is -2.16. The maximum Gasteiger partial charge on any atom is 0.339 e. The van der Waals surface area contributed by atoms with Crippen molar-refractivity contribution in [1.82, 2.24) is 9.88 Å². The van der Waals surface area contributed by atoms with Crippen LogP contribution >= 0.6 is 0 Å². The minimum Gasteiger partial charge on any atom is -0.465 e. The number of aromatic nitrogens is 1. The first kappa shape index (κ1) is 18.4. The molecule has 0 saturated heterocycles. The Bertz CT molecular complexity index is 855. The molecule has 0 radical (unpaired) electrons. The average molecular weight is 342 g/mol. The SMILES string of the molecule is COC(=O)c1ccc(=O)n(CC(=O)NC(C)c2ccc(C)c(C)c2)c1. The van der Waals surface area contributed by atoms with Crippen molar-refractivity contribution in [2.45, 2.75) is 33.4 Å². The van der Waals surface area contributed by atoms with Crippen LogP contribution in [0.15, 0.2) is 41.3 Å². The van der Waals surface area contributed by atoms with Crippen LogP contribution in [0.1, 0.15) is 40.0 Å². The number of pyridine rings is 1. The molecule has 0 aliphatic heterocycles. The van der Waals surface area contributed by atoms with Gasteiger partial charge in [-0.3, -0.25) is 9.59 Å². The molecule has 6 nitrogen and oxygen atoms in total. The van der Waals surface area contributed by atoms with Gasteiger partial charge in [-0.25, -0.2) is 4.79 Å². The highest BCUT2D eigenvalue weighted by atomic mass is 16.5. The number of nitrogens with zero attached hydrogens (tertiary/aromatic N) is 1. The van der Waals surface area contributed by atoms with Gasteiger partial charge in [0.15, 0.2) is 0 Å². The monoisotopic (exact) mass is 342 g/mol. The van der Waals surface area contributed by atoms with Gasteiger partial charge in [-0.1, -0.05) is 18.2 Å². The van der Waals surface area contributed by atoms with E-state index in [9.17, 15) is 14.4 Å². The summed E-state index contributed by atoms with van der Waals surface area (Å²) in [5, 5.41) is 2.87. The lowest BCUT2D eigenvalue weighted by molar-refractivity contribution is -0.122. The Morgan fingerprint density at radius 3 is 2.52 bits per heavy atom. The summed E-state index contributed by atoms with van der Waals surface area (Å²) in [6.45, 7) is 5.77. The summed E-state index contributed by atoms with van der Waals surface area (Å²) in [7, 11) is 1.26. The number of nitrogens with one attached hydrogen (secondary N) is 1. The largest absolute Gasteiger partial charge is 0.465 e. The molecule has 0 fully saturated rings. The van der Waals surface area contributed by atoms with Crippen LogP contribution in [0, 0.1) is 13.8 Å². The molecule has 25 heavy (non-hydrogen) atoms. The van der Waals surface area contributed by atoms with Gasteiger partial charge in [0.05, 0.1) is 18.7 Å². The van der Waals surface area contributed by atoms with E-state index in [0.29, 0.717) is 0 Å². The lowest BCUT2D eigenvalue weighted by atomic mass is 10.0. The topological polar surface area (TPSA) is 77.4 Å². The van der Waals surface area contributed by atoms with E-state index in [-0.39, 0.29) is 29.6 Å². The molecule has 1 amide bonds. The Kier molecular flexibility index (Phi) is 5.75. The molecule has 1 aromatic heterocycles. The van der Waals surface area contributed by atoms with Gasteiger partial charge >= 0.3 is 5.97 Å². The summed E-state index contributed by atoms with van der Waals surface area (Å²) in [6, 6.07) is 8.44. The fourth-order valence-corrected chi connectivity index (χ4v) is 2.45. The molecule has 0 aliphatic rings. The van der Waals surface area contributed by atoms with Crippen molar-refractivity contribution in [2.75, 3.05) is 7.11 Å². The molecule has 0 spiro atoms. The number of ether oxygens (including phenoxy) is 1. The summed E-state index contributed by atoms with van der Waals surface area (Å²) in [4.78, 5) is 35.7. The molecule has 2 rings (SSSR count). The Morgan fingerprint density at radius 1 is 1.16 bits per heavy atom. The highest BCUT2D eigenvalue weighted by Crippen LogP contribution is 2.16. The van der Waals surface area contributed by atoms with Crippen molar-refractivity contribution in [3.8, 4) is 0 Å². The third-order valence-electron chi connectivity index (χ3n) is 4.13. The third kappa shape index (κ3) is 4.56. The molecular formula is C19H22N2O4. The molecule has 1 N–H and O–H groups in total. The first-order chi connectivity index (χ1) is 11.8. The number of methoxy groups -OCH3 is 1. The number of carbonyl (C=O) groups excluding carboxylic acids is 2. The zero-order valence-corrected chi connectivity index (χ0v) is 14.8. The van der Waals surface area contributed by atoms with E-state index in [1.807, 2.05) is 39.0 Å². The number of amides is 1. The zero-order chi connectivity index (χ0) is 18.6. The minimum absolute atomic E-state index is 0.168. The van der Waals surface area contributed by atoms with Crippen LogP contribution < -0.4 is 10.9 Å². The van der Waals surface area contributed by atoms with E-state index in [0.717, 1.165) is 11.1 Å². The summed E-state index contributed by atoms with van der Waals surface area (Å²) in [5.74, 6) is -0.868. The standard InChI is InChI=1S/C19H22N2O4/c1-12-5-6-15(9-13(12)2)14(3)20-17(22)11-21-10-16(19(24)25-4)7-8-18(21)23/h5-10,14H,11H2,1-4H3,(H,20,22). The first-order valence-corrected chi connectivity index (χ1v) is 7.97. The maximum atomic E-state index is 12.3. The zero-order valence-electron chi connectivity index (χ0n) is 14.8. The summed E-state index contributed by atoms with van der Waals surface area (Å²) < 4.78 is 5.81.